The van der Waals surface area contributed by atoms with Crippen LogP contribution in [0.2, 0.25) is 0 Å². The van der Waals surface area contributed by atoms with Gasteiger partial charge in [-0.15, -0.1) is 0 Å². The molecule has 0 unspecified atom stereocenters. The van der Waals surface area contributed by atoms with Gasteiger partial charge in [-0.05, 0) is 31.2 Å². The van der Waals surface area contributed by atoms with Gasteiger partial charge in [0.05, 0.1) is 46.1 Å². The Morgan fingerprint density at radius 2 is 1.76 bits per heavy atom. The highest BCUT2D eigenvalue weighted by Gasteiger charge is 2.23. The molecule has 0 aliphatic carbocycles. The highest BCUT2D eigenvalue weighted by molar-refractivity contribution is 5.49. The van der Waals surface area contributed by atoms with Crippen LogP contribution < -0.4 is 19.3 Å². The number of para-hydroxylation sites is 1. The van der Waals surface area contributed by atoms with Gasteiger partial charge >= 0.3 is 0 Å². The Morgan fingerprint density at radius 3 is 2.40 bits per heavy atom. The zero-order chi connectivity index (χ0) is 17.8. The lowest BCUT2D eigenvalue weighted by atomic mass is 10.1. The fourth-order valence-corrected chi connectivity index (χ4v) is 3.59. The Balaban J connectivity index is 1.67. The smallest absolute Gasteiger partial charge is 0.146 e. The van der Waals surface area contributed by atoms with Crippen molar-refractivity contribution in [2.75, 3.05) is 45.3 Å². The number of methoxy groups -OCH3 is 2. The number of hydrogen-bond donors (Lipinski definition) is 1. The van der Waals surface area contributed by atoms with Crippen LogP contribution in [-0.2, 0) is 6.54 Å². The van der Waals surface area contributed by atoms with Crippen molar-refractivity contribution in [3.63, 3.8) is 0 Å². The van der Waals surface area contributed by atoms with Crippen molar-refractivity contribution in [3.05, 3.63) is 53.3 Å². The number of nitrogens with zero attached hydrogens (tertiary/aromatic N) is 1. The van der Waals surface area contributed by atoms with Crippen LogP contribution in [0.15, 0.2) is 36.4 Å². The molecule has 1 heterocycles. The minimum atomic E-state index is -0.140. The number of anilines is 1. The zero-order valence-corrected chi connectivity index (χ0v) is 15.1. The van der Waals surface area contributed by atoms with Crippen molar-refractivity contribution in [2.24, 2.45) is 0 Å². The first kappa shape index (κ1) is 17.5. The molecule has 1 N–H and O–H groups in total. The number of ether oxygens (including phenoxy) is 2. The number of halogens is 1. The summed E-state index contributed by atoms with van der Waals surface area (Å²) in [5, 5.41) is 0. The van der Waals surface area contributed by atoms with Crippen molar-refractivity contribution in [1.29, 1.82) is 0 Å². The maximum absolute atomic E-state index is 14.0. The van der Waals surface area contributed by atoms with Gasteiger partial charge in [0.15, 0.2) is 0 Å². The van der Waals surface area contributed by atoms with Gasteiger partial charge in [-0.25, -0.2) is 4.39 Å². The number of hydrogen-bond acceptors (Lipinski definition) is 3. The maximum atomic E-state index is 14.0. The summed E-state index contributed by atoms with van der Waals surface area (Å²) in [4.78, 5) is 3.62. The van der Waals surface area contributed by atoms with Crippen molar-refractivity contribution >= 4 is 5.69 Å². The largest absolute Gasteiger partial charge is 0.496 e. The molecule has 2 aromatic carbocycles. The summed E-state index contributed by atoms with van der Waals surface area (Å²) in [5.41, 5.74) is 2.93. The Bertz CT molecular complexity index is 728. The van der Waals surface area contributed by atoms with Crippen LogP contribution in [0.4, 0.5) is 10.1 Å². The first-order chi connectivity index (χ1) is 12.1. The Morgan fingerprint density at radius 1 is 1.04 bits per heavy atom. The standard InChI is InChI=1S/C20H25FN2O2/c1-15-19(24-2)9-8-16(20(15)25-3)14-22-10-12-23(13-11-22)18-7-5-4-6-17(18)21/h4-9H,10-14H2,1-3H3/p+1. The zero-order valence-electron chi connectivity index (χ0n) is 15.1. The van der Waals surface area contributed by atoms with Gasteiger partial charge in [-0.2, -0.15) is 0 Å². The summed E-state index contributed by atoms with van der Waals surface area (Å²) >= 11 is 0. The van der Waals surface area contributed by atoms with Gasteiger partial charge in [0.1, 0.15) is 23.9 Å². The van der Waals surface area contributed by atoms with E-state index in [0.717, 1.165) is 49.8 Å². The van der Waals surface area contributed by atoms with E-state index < -0.39 is 0 Å². The second-order valence-corrected chi connectivity index (χ2v) is 6.45. The molecule has 1 fully saturated rings. The molecule has 0 atom stereocenters. The molecule has 1 aliphatic rings. The summed E-state index contributed by atoms with van der Waals surface area (Å²) < 4.78 is 24.9. The third-order valence-electron chi connectivity index (χ3n) is 4.97. The summed E-state index contributed by atoms with van der Waals surface area (Å²) in [5.74, 6) is 1.61. The normalized spacial score (nSPS) is 15.3. The molecular formula is C20H26FN2O2+. The van der Waals surface area contributed by atoms with Crippen LogP contribution in [0.25, 0.3) is 0 Å². The summed E-state index contributed by atoms with van der Waals surface area (Å²) in [6.07, 6.45) is 0. The third kappa shape index (κ3) is 3.71. The van der Waals surface area contributed by atoms with E-state index in [9.17, 15) is 4.39 Å². The van der Waals surface area contributed by atoms with Crippen LogP contribution in [0, 0.1) is 12.7 Å². The first-order valence-corrected chi connectivity index (χ1v) is 8.67. The number of rotatable bonds is 5. The Kier molecular flexibility index (Phi) is 5.43. The number of piperazine rings is 1. The average molecular weight is 345 g/mol. The minimum Gasteiger partial charge on any atom is -0.496 e. The molecule has 0 amide bonds. The molecular weight excluding hydrogens is 319 g/mol. The second kappa shape index (κ2) is 7.74. The van der Waals surface area contributed by atoms with Crippen molar-refractivity contribution in [1.82, 2.24) is 0 Å². The van der Waals surface area contributed by atoms with E-state index in [1.54, 1.807) is 20.3 Å². The molecule has 0 bridgehead atoms. The summed E-state index contributed by atoms with van der Waals surface area (Å²) in [7, 11) is 3.38. The van der Waals surface area contributed by atoms with Crippen LogP contribution in [-0.4, -0.2) is 40.4 Å². The van der Waals surface area contributed by atoms with E-state index in [-0.39, 0.29) is 5.82 Å². The lowest BCUT2D eigenvalue weighted by Gasteiger charge is -2.34. The van der Waals surface area contributed by atoms with E-state index in [1.807, 2.05) is 25.1 Å². The van der Waals surface area contributed by atoms with Crippen molar-refractivity contribution in [2.45, 2.75) is 13.5 Å². The average Bonchev–Trinajstić information content (AvgIpc) is 2.63. The van der Waals surface area contributed by atoms with Gasteiger partial charge in [0.2, 0.25) is 0 Å². The third-order valence-corrected chi connectivity index (χ3v) is 4.97. The predicted octanol–water partition coefficient (Wildman–Crippen LogP) is 2.06. The van der Waals surface area contributed by atoms with E-state index in [1.165, 1.54) is 16.5 Å². The highest BCUT2D eigenvalue weighted by Crippen LogP contribution is 2.30. The van der Waals surface area contributed by atoms with Gasteiger partial charge in [-0.3, -0.25) is 0 Å². The number of benzene rings is 2. The molecule has 134 valence electrons. The second-order valence-electron chi connectivity index (χ2n) is 6.45. The lowest BCUT2D eigenvalue weighted by Crippen LogP contribution is -3.13. The molecule has 4 nitrogen and oxygen atoms in total. The van der Waals surface area contributed by atoms with E-state index >= 15 is 0 Å². The topological polar surface area (TPSA) is 26.1 Å². The number of nitrogens with one attached hydrogen (secondary N) is 1. The molecule has 0 spiro atoms. The monoisotopic (exact) mass is 345 g/mol. The van der Waals surface area contributed by atoms with Gasteiger partial charge in [0, 0.05) is 11.1 Å². The summed E-state index contributed by atoms with van der Waals surface area (Å²) in [6.45, 7) is 6.58. The molecule has 25 heavy (non-hydrogen) atoms. The molecule has 0 radical (unpaired) electrons. The predicted molar refractivity (Wildman–Crippen MR) is 97.3 cm³/mol. The Hall–Kier alpha value is -2.27. The summed E-state index contributed by atoms with van der Waals surface area (Å²) in [6, 6.07) is 11.1. The van der Waals surface area contributed by atoms with Gasteiger partial charge in [0.25, 0.3) is 0 Å². The Labute approximate surface area is 148 Å². The van der Waals surface area contributed by atoms with Gasteiger partial charge in [-0.1, -0.05) is 12.1 Å². The quantitative estimate of drug-likeness (QED) is 0.898. The van der Waals surface area contributed by atoms with Crippen LogP contribution in [0.5, 0.6) is 11.5 Å². The van der Waals surface area contributed by atoms with Crippen molar-refractivity contribution < 1.29 is 18.8 Å². The molecule has 1 aliphatic heterocycles. The van der Waals surface area contributed by atoms with Crippen LogP contribution in [0.1, 0.15) is 11.1 Å². The maximum Gasteiger partial charge on any atom is 0.146 e. The fourth-order valence-electron chi connectivity index (χ4n) is 3.59. The first-order valence-electron chi connectivity index (χ1n) is 8.67. The molecule has 3 rings (SSSR count). The van der Waals surface area contributed by atoms with Crippen LogP contribution in [0.3, 0.4) is 0 Å². The minimum absolute atomic E-state index is 0.140. The SMILES string of the molecule is COc1ccc(C[NH+]2CCN(c3ccccc3F)CC2)c(OC)c1C. The molecule has 0 aromatic heterocycles. The molecule has 5 heteroatoms. The number of quaternary nitrogens is 1. The van der Waals surface area contributed by atoms with E-state index in [4.69, 9.17) is 9.47 Å². The molecule has 0 saturated carbocycles. The fraction of sp³-hybridized carbons (Fsp3) is 0.400. The molecule has 1 saturated heterocycles. The van der Waals surface area contributed by atoms with Gasteiger partial charge < -0.3 is 19.3 Å². The van der Waals surface area contributed by atoms with Crippen LogP contribution >= 0.6 is 0 Å². The highest BCUT2D eigenvalue weighted by atomic mass is 19.1. The molecule has 2 aromatic rings. The van der Waals surface area contributed by atoms with Crippen molar-refractivity contribution in [3.8, 4) is 11.5 Å². The van der Waals surface area contributed by atoms with E-state index in [2.05, 4.69) is 11.0 Å². The van der Waals surface area contributed by atoms with E-state index in [0.29, 0.717) is 5.69 Å². The lowest BCUT2D eigenvalue weighted by molar-refractivity contribution is -0.914.